The van der Waals surface area contributed by atoms with E-state index in [2.05, 4.69) is 9.98 Å². The van der Waals surface area contributed by atoms with Gasteiger partial charge in [0.2, 0.25) is 0 Å². The van der Waals surface area contributed by atoms with E-state index in [0.717, 1.165) is 16.0 Å². The van der Waals surface area contributed by atoms with Gasteiger partial charge in [-0.05, 0) is 48.6 Å². The third kappa shape index (κ3) is 4.35. The summed E-state index contributed by atoms with van der Waals surface area (Å²) in [5.41, 5.74) is 7.48. The number of pyridine rings is 1. The van der Waals surface area contributed by atoms with E-state index in [1.165, 1.54) is 25.0 Å². The fourth-order valence-electron chi connectivity index (χ4n) is 2.63. The summed E-state index contributed by atoms with van der Waals surface area (Å²) in [6.45, 7) is 0. The Bertz CT molecular complexity index is 977. The lowest BCUT2D eigenvalue weighted by atomic mass is 10.0. The molecule has 1 aliphatic carbocycles. The number of halogens is 1. The summed E-state index contributed by atoms with van der Waals surface area (Å²) in [6, 6.07) is 14.6. The molecule has 1 fully saturated rings. The highest BCUT2D eigenvalue weighted by molar-refractivity contribution is 7.10. The molecule has 1 atom stereocenters. The number of nitrogens with two attached hydrogens (primary N) is 1. The summed E-state index contributed by atoms with van der Waals surface area (Å²) in [5, 5.41) is 2.01. The van der Waals surface area contributed by atoms with Crippen molar-refractivity contribution in [3.05, 3.63) is 81.9 Å². The van der Waals surface area contributed by atoms with Gasteiger partial charge in [-0.3, -0.25) is 4.99 Å². The zero-order valence-electron chi connectivity index (χ0n) is 14.6. The highest BCUT2D eigenvalue weighted by Gasteiger charge is 2.19. The molecule has 1 unspecified atom stereocenters. The molecular formula is C21H19FN4S. The van der Waals surface area contributed by atoms with Crippen molar-refractivity contribution in [2.45, 2.75) is 24.9 Å². The van der Waals surface area contributed by atoms with Crippen molar-refractivity contribution in [2.75, 3.05) is 0 Å². The molecule has 5 rings (SSSR count). The zero-order chi connectivity index (χ0) is 18.6. The van der Waals surface area contributed by atoms with Gasteiger partial charge in [-0.1, -0.05) is 18.2 Å². The van der Waals surface area contributed by atoms with Crippen molar-refractivity contribution in [1.82, 2.24) is 4.98 Å². The van der Waals surface area contributed by atoms with Gasteiger partial charge in [0.05, 0.1) is 5.71 Å². The van der Waals surface area contributed by atoms with Crippen LogP contribution < -0.4 is 5.73 Å². The van der Waals surface area contributed by atoms with E-state index in [1.807, 2.05) is 35.7 Å². The Hall–Kier alpha value is -2.70. The number of nitrogens with zero attached hydrogens (tertiary/aromatic N) is 3. The third-order valence-corrected chi connectivity index (χ3v) is 5.15. The minimum Gasteiger partial charge on any atom is -0.328 e. The van der Waals surface area contributed by atoms with E-state index >= 15 is 0 Å². The standard InChI is InChI=1S/C18H12FN3S.C3H7N/c19-13-5-1-4-12(10-13)17-14-6-2-8-20-18(14)21-11-15(22-17)16-7-3-9-23-16;4-3-1-2-3/h1-11,15H;3H,1-2,4H2. The average molecular weight is 378 g/mol. The molecule has 0 amide bonds. The summed E-state index contributed by atoms with van der Waals surface area (Å²) >= 11 is 1.62. The Morgan fingerprint density at radius 2 is 1.93 bits per heavy atom. The summed E-state index contributed by atoms with van der Waals surface area (Å²) in [5.74, 6) is 0.322. The second-order valence-electron chi connectivity index (χ2n) is 6.44. The van der Waals surface area contributed by atoms with Gasteiger partial charge >= 0.3 is 0 Å². The number of hydrogen-bond donors (Lipinski definition) is 1. The summed E-state index contributed by atoms with van der Waals surface area (Å²) in [6.07, 6.45) is 6.02. The van der Waals surface area contributed by atoms with Crippen molar-refractivity contribution < 1.29 is 4.39 Å². The SMILES string of the molecule is Fc1cccc(C2=NC(c3cccs3)C=Nc3ncccc32)c1.NC1CC1. The van der Waals surface area contributed by atoms with Gasteiger partial charge in [0.25, 0.3) is 0 Å². The molecule has 0 radical (unpaired) electrons. The molecule has 0 spiro atoms. The van der Waals surface area contributed by atoms with Gasteiger partial charge in [0.1, 0.15) is 11.9 Å². The van der Waals surface area contributed by atoms with Crippen LogP contribution in [0, 0.1) is 5.82 Å². The lowest BCUT2D eigenvalue weighted by Crippen LogP contribution is -2.06. The first-order valence-electron chi connectivity index (χ1n) is 8.83. The maximum atomic E-state index is 13.7. The molecule has 1 aliphatic heterocycles. The minimum atomic E-state index is -0.284. The Balaban J connectivity index is 0.000000400. The predicted octanol–water partition coefficient (Wildman–Crippen LogP) is 4.68. The van der Waals surface area contributed by atoms with Crippen LogP contribution in [0.1, 0.15) is 34.9 Å². The maximum absolute atomic E-state index is 13.7. The van der Waals surface area contributed by atoms with E-state index in [0.29, 0.717) is 17.6 Å². The van der Waals surface area contributed by atoms with Crippen molar-refractivity contribution in [3.8, 4) is 0 Å². The van der Waals surface area contributed by atoms with Gasteiger partial charge in [0, 0.05) is 34.5 Å². The van der Waals surface area contributed by atoms with Crippen molar-refractivity contribution >= 4 is 29.1 Å². The minimum absolute atomic E-state index is 0.192. The molecule has 0 bridgehead atoms. The van der Waals surface area contributed by atoms with Crippen LogP contribution >= 0.6 is 11.3 Å². The second-order valence-corrected chi connectivity index (χ2v) is 7.42. The second kappa shape index (κ2) is 7.90. The summed E-state index contributed by atoms with van der Waals surface area (Å²) in [4.78, 5) is 14.7. The summed E-state index contributed by atoms with van der Waals surface area (Å²) in [7, 11) is 0. The molecular weight excluding hydrogens is 359 g/mol. The number of benzene rings is 1. The molecule has 4 nitrogen and oxygen atoms in total. The molecule has 6 heteroatoms. The first-order chi connectivity index (χ1) is 13.2. The van der Waals surface area contributed by atoms with Crippen LogP contribution in [0.2, 0.25) is 0 Å². The number of rotatable bonds is 2. The molecule has 0 saturated heterocycles. The van der Waals surface area contributed by atoms with Crippen molar-refractivity contribution in [3.63, 3.8) is 0 Å². The van der Waals surface area contributed by atoms with Crippen LogP contribution in [0.4, 0.5) is 10.2 Å². The van der Waals surface area contributed by atoms with E-state index in [9.17, 15) is 4.39 Å². The summed E-state index contributed by atoms with van der Waals surface area (Å²) < 4.78 is 13.7. The lowest BCUT2D eigenvalue weighted by Gasteiger charge is -2.10. The van der Waals surface area contributed by atoms with Gasteiger partial charge in [-0.15, -0.1) is 11.3 Å². The number of fused-ring (bicyclic) bond motifs is 1. The van der Waals surface area contributed by atoms with Crippen LogP contribution in [0.15, 0.2) is 70.1 Å². The normalized spacial score (nSPS) is 18.0. The van der Waals surface area contributed by atoms with Gasteiger partial charge in [-0.25, -0.2) is 14.4 Å². The van der Waals surface area contributed by atoms with Crippen LogP contribution in [0.25, 0.3) is 0 Å². The van der Waals surface area contributed by atoms with Crippen LogP contribution in [0.5, 0.6) is 0 Å². The molecule has 136 valence electrons. The first-order valence-corrected chi connectivity index (χ1v) is 9.71. The third-order valence-electron chi connectivity index (χ3n) is 4.20. The number of hydrogen-bond acceptors (Lipinski definition) is 5. The number of aromatic nitrogens is 1. The van der Waals surface area contributed by atoms with E-state index < -0.39 is 0 Å². The predicted molar refractivity (Wildman–Crippen MR) is 109 cm³/mol. The van der Waals surface area contributed by atoms with Gasteiger partial charge in [0.15, 0.2) is 5.82 Å². The monoisotopic (exact) mass is 378 g/mol. The lowest BCUT2D eigenvalue weighted by molar-refractivity contribution is 0.627. The van der Waals surface area contributed by atoms with Gasteiger partial charge < -0.3 is 5.73 Å². The van der Waals surface area contributed by atoms with Crippen LogP contribution in [-0.2, 0) is 0 Å². The van der Waals surface area contributed by atoms with Crippen molar-refractivity contribution in [2.24, 2.45) is 15.7 Å². The highest BCUT2D eigenvalue weighted by atomic mass is 32.1. The van der Waals surface area contributed by atoms with E-state index in [1.54, 1.807) is 29.8 Å². The highest BCUT2D eigenvalue weighted by Crippen LogP contribution is 2.29. The molecule has 2 aromatic heterocycles. The van der Waals surface area contributed by atoms with Crippen molar-refractivity contribution in [1.29, 1.82) is 0 Å². The molecule has 3 heterocycles. The van der Waals surface area contributed by atoms with E-state index in [4.69, 9.17) is 10.7 Å². The molecule has 1 aromatic carbocycles. The molecule has 3 aromatic rings. The largest absolute Gasteiger partial charge is 0.328 e. The topological polar surface area (TPSA) is 63.6 Å². The number of thiophene rings is 1. The van der Waals surface area contributed by atoms with Crippen LogP contribution in [-0.4, -0.2) is 23.0 Å². The number of aliphatic imine (C=N–C) groups is 2. The zero-order valence-corrected chi connectivity index (χ0v) is 15.4. The van der Waals surface area contributed by atoms with E-state index in [-0.39, 0.29) is 11.9 Å². The molecule has 1 saturated carbocycles. The maximum Gasteiger partial charge on any atom is 0.161 e. The fraction of sp³-hybridized carbons (Fsp3) is 0.190. The quantitative estimate of drug-likeness (QED) is 0.703. The van der Waals surface area contributed by atoms with Gasteiger partial charge in [-0.2, -0.15) is 0 Å². The molecule has 27 heavy (non-hydrogen) atoms. The first kappa shape index (κ1) is 17.7. The average Bonchev–Trinajstić information content (AvgIpc) is 3.32. The fourth-order valence-corrected chi connectivity index (χ4v) is 3.35. The Morgan fingerprint density at radius 3 is 2.63 bits per heavy atom. The Kier molecular flexibility index (Phi) is 5.18. The molecule has 2 aliphatic rings. The smallest absolute Gasteiger partial charge is 0.161 e. The van der Waals surface area contributed by atoms with Crippen LogP contribution in [0.3, 0.4) is 0 Å². The Labute approximate surface area is 161 Å². The molecule has 2 N–H and O–H groups in total. The Morgan fingerprint density at radius 1 is 1.07 bits per heavy atom.